The molecule has 3 rings (SSSR count). The van der Waals surface area contributed by atoms with Gasteiger partial charge in [-0.15, -0.1) is 0 Å². The third kappa shape index (κ3) is 4.19. The second-order valence-corrected chi connectivity index (χ2v) is 6.07. The Balaban J connectivity index is 1.64. The molecule has 2 aromatic rings. The molecule has 0 aromatic carbocycles. The average molecular weight is 348 g/mol. The van der Waals surface area contributed by atoms with Gasteiger partial charge in [-0.3, -0.25) is 9.88 Å². The van der Waals surface area contributed by atoms with Crippen LogP contribution < -0.4 is 10.2 Å². The molecule has 3 heterocycles. The topological polar surface area (TPSA) is 57.2 Å². The van der Waals surface area contributed by atoms with Gasteiger partial charge in [0.25, 0.3) is 0 Å². The Hall–Kier alpha value is -2.35. The number of aromatic nitrogens is 3. The lowest BCUT2D eigenvalue weighted by atomic mass is 10.2. The van der Waals surface area contributed by atoms with Gasteiger partial charge in [0.05, 0.1) is 12.4 Å². The summed E-state index contributed by atoms with van der Waals surface area (Å²) in [5.74, 6) is 0.318. The predicted octanol–water partition coefficient (Wildman–Crippen LogP) is 2.21. The van der Waals surface area contributed by atoms with Crippen molar-refractivity contribution in [3.8, 4) is 0 Å². The Kier molecular flexibility index (Phi) is 5.37. The van der Waals surface area contributed by atoms with E-state index >= 15 is 0 Å². The van der Waals surface area contributed by atoms with Gasteiger partial charge in [0.15, 0.2) is 0 Å². The maximum absolute atomic E-state index is 13.7. The highest BCUT2D eigenvalue weighted by Crippen LogP contribution is 2.19. The minimum Gasteiger partial charge on any atom is -0.354 e. The molecule has 1 aliphatic heterocycles. The smallest absolute Gasteiger partial charge is 0.224 e. The van der Waals surface area contributed by atoms with Gasteiger partial charge in [-0.05, 0) is 13.8 Å². The SMILES string of the molecule is CCNc1nc(C)cc(N2CCN(Cc3c(F)cncc3F)CC2)n1. The number of halogens is 2. The highest BCUT2D eigenvalue weighted by Gasteiger charge is 2.21. The Bertz CT molecular complexity index is 711. The monoisotopic (exact) mass is 348 g/mol. The standard InChI is InChI=1S/C17H22F2N6/c1-3-21-17-22-12(2)8-16(23-17)25-6-4-24(5-7-25)11-13-14(18)9-20-10-15(13)19/h8-10H,3-7,11H2,1-2H3,(H,21,22,23). The van der Waals surface area contributed by atoms with Gasteiger partial charge in [-0.25, -0.2) is 13.8 Å². The Morgan fingerprint density at radius 2 is 1.76 bits per heavy atom. The fraction of sp³-hybridized carbons (Fsp3) is 0.471. The summed E-state index contributed by atoms with van der Waals surface area (Å²) in [7, 11) is 0. The first-order valence-corrected chi connectivity index (χ1v) is 8.41. The quantitative estimate of drug-likeness (QED) is 0.894. The van der Waals surface area contributed by atoms with Crippen molar-refractivity contribution in [2.75, 3.05) is 42.9 Å². The van der Waals surface area contributed by atoms with Gasteiger partial charge in [0, 0.05) is 56.6 Å². The second-order valence-electron chi connectivity index (χ2n) is 6.07. The van der Waals surface area contributed by atoms with Crippen molar-refractivity contribution >= 4 is 11.8 Å². The van der Waals surface area contributed by atoms with E-state index in [1.54, 1.807) is 0 Å². The molecule has 1 fully saturated rings. The van der Waals surface area contributed by atoms with Crippen LogP contribution >= 0.6 is 0 Å². The fourth-order valence-corrected chi connectivity index (χ4v) is 2.90. The van der Waals surface area contributed by atoms with E-state index in [-0.39, 0.29) is 12.1 Å². The summed E-state index contributed by atoms with van der Waals surface area (Å²) in [6.45, 7) is 7.87. The van der Waals surface area contributed by atoms with Crippen molar-refractivity contribution in [2.45, 2.75) is 20.4 Å². The van der Waals surface area contributed by atoms with E-state index in [2.05, 4.69) is 25.2 Å². The number of anilines is 2. The van der Waals surface area contributed by atoms with E-state index in [0.29, 0.717) is 19.0 Å². The average Bonchev–Trinajstić information content (AvgIpc) is 2.59. The van der Waals surface area contributed by atoms with Crippen molar-refractivity contribution in [3.63, 3.8) is 0 Å². The number of hydrogen-bond acceptors (Lipinski definition) is 6. The molecule has 2 aromatic heterocycles. The van der Waals surface area contributed by atoms with Crippen LogP contribution in [-0.2, 0) is 6.54 Å². The zero-order valence-corrected chi connectivity index (χ0v) is 14.5. The third-order valence-corrected chi connectivity index (χ3v) is 4.21. The van der Waals surface area contributed by atoms with Crippen LogP contribution in [0.2, 0.25) is 0 Å². The molecule has 1 aliphatic rings. The van der Waals surface area contributed by atoms with Gasteiger partial charge in [-0.1, -0.05) is 0 Å². The number of pyridine rings is 1. The molecular weight excluding hydrogens is 326 g/mol. The number of nitrogens with one attached hydrogen (secondary N) is 1. The van der Waals surface area contributed by atoms with Crippen LogP contribution in [0.25, 0.3) is 0 Å². The van der Waals surface area contributed by atoms with Crippen LogP contribution in [0.15, 0.2) is 18.5 Å². The highest BCUT2D eigenvalue weighted by atomic mass is 19.1. The molecule has 0 amide bonds. The zero-order chi connectivity index (χ0) is 17.8. The molecule has 8 heteroatoms. The van der Waals surface area contributed by atoms with E-state index in [1.165, 1.54) is 0 Å². The zero-order valence-electron chi connectivity index (χ0n) is 14.5. The van der Waals surface area contributed by atoms with Crippen molar-refractivity contribution in [1.82, 2.24) is 19.9 Å². The third-order valence-electron chi connectivity index (χ3n) is 4.21. The molecule has 25 heavy (non-hydrogen) atoms. The van der Waals surface area contributed by atoms with Crippen LogP contribution in [0.4, 0.5) is 20.5 Å². The number of piperazine rings is 1. The van der Waals surface area contributed by atoms with E-state index in [9.17, 15) is 8.78 Å². The Morgan fingerprint density at radius 1 is 1.08 bits per heavy atom. The van der Waals surface area contributed by atoms with Crippen molar-refractivity contribution in [1.29, 1.82) is 0 Å². The number of aryl methyl sites for hydroxylation is 1. The maximum atomic E-state index is 13.7. The number of rotatable bonds is 5. The molecular formula is C17H22F2N6. The lowest BCUT2D eigenvalue weighted by molar-refractivity contribution is 0.242. The van der Waals surface area contributed by atoms with E-state index in [0.717, 1.165) is 43.5 Å². The summed E-state index contributed by atoms with van der Waals surface area (Å²) >= 11 is 0. The fourth-order valence-electron chi connectivity index (χ4n) is 2.90. The molecule has 6 nitrogen and oxygen atoms in total. The van der Waals surface area contributed by atoms with Crippen molar-refractivity contribution in [3.05, 3.63) is 41.4 Å². The van der Waals surface area contributed by atoms with E-state index in [4.69, 9.17) is 0 Å². The number of nitrogens with zero attached hydrogens (tertiary/aromatic N) is 5. The number of hydrogen-bond donors (Lipinski definition) is 1. The minimum atomic E-state index is -0.593. The van der Waals surface area contributed by atoms with Gasteiger partial charge >= 0.3 is 0 Å². The van der Waals surface area contributed by atoms with Gasteiger partial charge in [0.2, 0.25) is 5.95 Å². The molecule has 0 unspecified atom stereocenters. The summed E-state index contributed by atoms with van der Waals surface area (Å²) in [5.41, 5.74) is 0.986. The predicted molar refractivity (Wildman–Crippen MR) is 92.6 cm³/mol. The first kappa shape index (κ1) is 17.5. The van der Waals surface area contributed by atoms with Crippen LogP contribution in [0.1, 0.15) is 18.2 Å². The molecule has 1 N–H and O–H groups in total. The summed E-state index contributed by atoms with van der Waals surface area (Å²) in [6, 6.07) is 1.96. The van der Waals surface area contributed by atoms with E-state index in [1.807, 2.05) is 24.8 Å². The molecule has 1 saturated heterocycles. The minimum absolute atomic E-state index is 0.0794. The van der Waals surface area contributed by atoms with Gasteiger partial charge in [0.1, 0.15) is 17.5 Å². The lowest BCUT2D eigenvalue weighted by Gasteiger charge is -2.35. The van der Waals surface area contributed by atoms with Gasteiger partial charge < -0.3 is 10.2 Å². The summed E-state index contributed by atoms with van der Waals surface area (Å²) < 4.78 is 27.5. The molecule has 0 aliphatic carbocycles. The molecule has 134 valence electrons. The van der Waals surface area contributed by atoms with E-state index < -0.39 is 11.6 Å². The van der Waals surface area contributed by atoms with Crippen LogP contribution in [0.5, 0.6) is 0 Å². The van der Waals surface area contributed by atoms with Gasteiger partial charge in [-0.2, -0.15) is 4.98 Å². The van der Waals surface area contributed by atoms with Crippen LogP contribution in [0, 0.1) is 18.6 Å². The maximum Gasteiger partial charge on any atom is 0.224 e. The molecule has 0 bridgehead atoms. The molecule has 0 radical (unpaired) electrons. The first-order valence-electron chi connectivity index (χ1n) is 8.41. The van der Waals surface area contributed by atoms with Crippen molar-refractivity contribution < 1.29 is 8.78 Å². The summed E-state index contributed by atoms with van der Waals surface area (Å²) in [6.07, 6.45) is 2.11. The Morgan fingerprint density at radius 3 is 2.40 bits per heavy atom. The summed E-state index contributed by atoms with van der Waals surface area (Å²) in [5, 5.41) is 3.13. The molecule has 0 saturated carbocycles. The first-order chi connectivity index (χ1) is 12.1. The largest absolute Gasteiger partial charge is 0.354 e. The summed E-state index contributed by atoms with van der Waals surface area (Å²) in [4.78, 5) is 16.6. The van der Waals surface area contributed by atoms with Crippen molar-refractivity contribution in [2.24, 2.45) is 0 Å². The van der Waals surface area contributed by atoms with Crippen LogP contribution in [0.3, 0.4) is 0 Å². The second kappa shape index (κ2) is 7.69. The Labute approximate surface area is 145 Å². The normalized spacial score (nSPS) is 15.4. The molecule has 0 atom stereocenters. The lowest BCUT2D eigenvalue weighted by Crippen LogP contribution is -2.46. The van der Waals surface area contributed by atoms with Crippen LogP contribution in [-0.4, -0.2) is 52.6 Å². The highest BCUT2D eigenvalue weighted by molar-refractivity contribution is 5.45. The molecule has 0 spiro atoms.